The van der Waals surface area contributed by atoms with Crippen molar-refractivity contribution in [1.29, 1.82) is 0 Å². The molecule has 0 saturated heterocycles. The number of nitrogens with one attached hydrogen (secondary N) is 1. The van der Waals surface area contributed by atoms with Gasteiger partial charge in [-0.1, -0.05) is 12.1 Å². The average Bonchev–Trinajstić information content (AvgIpc) is 3.37. The third-order valence-corrected chi connectivity index (χ3v) is 6.51. The highest BCUT2D eigenvalue weighted by atomic mass is 32.2. The molecular formula is C21H21N3O2S2. The molecule has 5 nitrogen and oxygen atoms in total. The molecule has 28 heavy (non-hydrogen) atoms. The van der Waals surface area contributed by atoms with E-state index in [-0.39, 0.29) is 11.6 Å². The number of aromatic amines is 1. The average molecular weight is 412 g/mol. The number of thiophene rings is 1. The molecule has 1 N–H and O–H groups in total. The van der Waals surface area contributed by atoms with Crippen LogP contribution in [0.3, 0.4) is 0 Å². The molecule has 0 amide bonds. The first-order valence-electron chi connectivity index (χ1n) is 8.95. The maximum absolute atomic E-state index is 12.8. The molecule has 0 saturated carbocycles. The second kappa shape index (κ2) is 7.95. The summed E-state index contributed by atoms with van der Waals surface area (Å²) in [6.07, 6.45) is 3.68. The van der Waals surface area contributed by atoms with E-state index < -0.39 is 0 Å². The Bertz CT molecular complexity index is 1130. The van der Waals surface area contributed by atoms with E-state index in [9.17, 15) is 4.79 Å². The van der Waals surface area contributed by atoms with Crippen LogP contribution in [0, 0.1) is 0 Å². The van der Waals surface area contributed by atoms with Crippen molar-refractivity contribution in [3.05, 3.63) is 69.8 Å². The highest BCUT2D eigenvalue weighted by Gasteiger charge is 2.19. The minimum atomic E-state index is -0.128. The van der Waals surface area contributed by atoms with Crippen molar-refractivity contribution in [3.8, 4) is 11.3 Å². The van der Waals surface area contributed by atoms with Gasteiger partial charge in [-0.3, -0.25) is 9.69 Å². The quantitative estimate of drug-likeness (QED) is 0.444. The SMILES string of the molecule is CSc1ccc(CN(C)[C@H](C)c2nc3scc(-c4ccco4)c3c(=O)[nH]2)cc1. The Morgan fingerprint density at radius 3 is 2.75 bits per heavy atom. The molecule has 4 aromatic rings. The summed E-state index contributed by atoms with van der Waals surface area (Å²) < 4.78 is 5.46. The maximum atomic E-state index is 12.8. The molecular weight excluding hydrogens is 390 g/mol. The Kier molecular flexibility index (Phi) is 5.39. The standard InChI is InChI=1S/C21H21N3O2S2/c1-13(24(2)11-14-6-8-15(27-3)9-7-14)19-22-20(25)18-16(12-28-21(18)23-19)17-5-4-10-26-17/h4-10,12-13H,11H2,1-3H3,(H,22,23,25)/t13-/m1/s1. The van der Waals surface area contributed by atoms with Crippen LogP contribution in [0.5, 0.6) is 0 Å². The molecule has 3 heterocycles. The lowest BCUT2D eigenvalue weighted by Gasteiger charge is -2.24. The molecule has 0 fully saturated rings. The number of hydrogen-bond acceptors (Lipinski definition) is 6. The first-order chi connectivity index (χ1) is 13.6. The van der Waals surface area contributed by atoms with Crippen LogP contribution in [-0.4, -0.2) is 28.2 Å². The molecule has 1 aromatic carbocycles. The predicted molar refractivity (Wildman–Crippen MR) is 116 cm³/mol. The molecule has 0 bridgehead atoms. The van der Waals surface area contributed by atoms with E-state index in [1.165, 1.54) is 21.8 Å². The number of rotatable bonds is 6. The van der Waals surface area contributed by atoms with Gasteiger partial charge in [0.15, 0.2) is 0 Å². The molecule has 0 radical (unpaired) electrons. The summed E-state index contributed by atoms with van der Waals surface area (Å²) in [6, 6.07) is 12.2. The van der Waals surface area contributed by atoms with E-state index in [1.807, 2.05) is 24.6 Å². The van der Waals surface area contributed by atoms with E-state index in [1.54, 1.807) is 18.0 Å². The molecule has 144 valence electrons. The van der Waals surface area contributed by atoms with Crippen LogP contribution < -0.4 is 5.56 Å². The Balaban J connectivity index is 1.60. The summed E-state index contributed by atoms with van der Waals surface area (Å²) in [4.78, 5) is 24.7. The van der Waals surface area contributed by atoms with Gasteiger partial charge in [0.05, 0.1) is 17.7 Å². The highest BCUT2D eigenvalue weighted by Crippen LogP contribution is 2.31. The second-order valence-electron chi connectivity index (χ2n) is 6.70. The lowest BCUT2D eigenvalue weighted by atomic mass is 10.1. The lowest BCUT2D eigenvalue weighted by Crippen LogP contribution is -2.25. The highest BCUT2D eigenvalue weighted by molar-refractivity contribution is 7.98. The third kappa shape index (κ3) is 3.65. The van der Waals surface area contributed by atoms with Crippen molar-refractivity contribution in [2.75, 3.05) is 13.3 Å². The normalized spacial score (nSPS) is 12.7. The van der Waals surface area contributed by atoms with Crippen LogP contribution in [0.2, 0.25) is 0 Å². The fourth-order valence-corrected chi connectivity index (χ4v) is 4.48. The maximum Gasteiger partial charge on any atom is 0.260 e. The summed E-state index contributed by atoms with van der Waals surface area (Å²) in [5.41, 5.74) is 1.89. The smallest absolute Gasteiger partial charge is 0.260 e. The molecule has 1 atom stereocenters. The summed E-state index contributed by atoms with van der Waals surface area (Å²) in [7, 11) is 2.04. The summed E-state index contributed by atoms with van der Waals surface area (Å²) in [6.45, 7) is 2.83. The zero-order chi connectivity index (χ0) is 19.7. The molecule has 0 spiro atoms. The van der Waals surface area contributed by atoms with Gasteiger partial charge in [0, 0.05) is 22.4 Å². The van der Waals surface area contributed by atoms with Crippen molar-refractivity contribution in [2.24, 2.45) is 0 Å². The number of nitrogens with zero attached hydrogens (tertiary/aromatic N) is 2. The number of fused-ring (bicyclic) bond motifs is 1. The minimum absolute atomic E-state index is 0.0218. The van der Waals surface area contributed by atoms with Crippen LogP contribution in [0.1, 0.15) is 24.4 Å². The molecule has 4 rings (SSSR count). The van der Waals surface area contributed by atoms with Gasteiger partial charge in [-0.15, -0.1) is 23.1 Å². The van der Waals surface area contributed by atoms with Gasteiger partial charge in [0.25, 0.3) is 5.56 Å². The Hall–Kier alpha value is -2.35. The number of thioether (sulfide) groups is 1. The van der Waals surface area contributed by atoms with E-state index >= 15 is 0 Å². The van der Waals surface area contributed by atoms with Gasteiger partial charge < -0.3 is 9.40 Å². The predicted octanol–water partition coefficient (Wildman–Crippen LogP) is 5.16. The van der Waals surface area contributed by atoms with E-state index in [4.69, 9.17) is 9.40 Å². The minimum Gasteiger partial charge on any atom is -0.464 e. The van der Waals surface area contributed by atoms with Gasteiger partial charge in [-0.2, -0.15) is 0 Å². The van der Waals surface area contributed by atoms with Gasteiger partial charge in [0.2, 0.25) is 0 Å². The molecule has 0 unspecified atom stereocenters. The Labute approximate surface area is 171 Å². The van der Waals surface area contributed by atoms with Crippen molar-refractivity contribution < 1.29 is 4.42 Å². The summed E-state index contributed by atoms with van der Waals surface area (Å²) >= 11 is 3.20. The van der Waals surface area contributed by atoms with Crippen LogP contribution in [0.4, 0.5) is 0 Å². The Morgan fingerprint density at radius 2 is 2.07 bits per heavy atom. The van der Waals surface area contributed by atoms with Crippen molar-refractivity contribution in [1.82, 2.24) is 14.9 Å². The Morgan fingerprint density at radius 1 is 1.29 bits per heavy atom. The molecule has 3 aromatic heterocycles. The number of aromatic nitrogens is 2. The number of hydrogen-bond donors (Lipinski definition) is 1. The molecule has 7 heteroatoms. The topological polar surface area (TPSA) is 62.1 Å². The van der Waals surface area contributed by atoms with Gasteiger partial charge >= 0.3 is 0 Å². The largest absolute Gasteiger partial charge is 0.464 e. The summed E-state index contributed by atoms with van der Waals surface area (Å²) in [5, 5.41) is 2.52. The lowest BCUT2D eigenvalue weighted by molar-refractivity contribution is 0.244. The number of benzene rings is 1. The molecule has 0 aliphatic rings. The molecule has 0 aliphatic carbocycles. The fourth-order valence-electron chi connectivity index (χ4n) is 3.14. The zero-order valence-corrected chi connectivity index (χ0v) is 17.6. The monoisotopic (exact) mass is 411 g/mol. The van der Waals surface area contributed by atoms with Crippen LogP contribution in [0.25, 0.3) is 21.5 Å². The van der Waals surface area contributed by atoms with E-state index in [2.05, 4.69) is 47.3 Å². The third-order valence-electron chi connectivity index (χ3n) is 4.90. The number of furan rings is 1. The van der Waals surface area contributed by atoms with Crippen LogP contribution >= 0.6 is 23.1 Å². The second-order valence-corrected chi connectivity index (χ2v) is 8.43. The van der Waals surface area contributed by atoms with E-state index in [0.29, 0.717) is 17.0 Å². The van der Waals surface area contributed by atoms with Gasteiger partial charge in [-0.05, 0) is 50.1 Å². The van der Waals surface area contributed by atoms with Gasteiger partial charge in [0.1, 0.15) is 16.4 Å². The zero-order valence-electron chi connectivity index (χ0n) is 15.9. The van der Waals surface area contributed by atoms with Gasteiger partial charge in [-0.25, -0.2) is 4.98 Å². The first-order valence-corrected chi connectivity index (χ1v) is 11.1. The number of H-pyrrole nitrogens is 1. The first kappa shape index (κ1) is 19.0. The van der Waals surface area contributed by atoms with Crippen molar-refractivity contribution in [3.63, 3.8) is 0 Å². The van der Waals surface area contributed by atoms with Crippen molar-refractivity contribution >= 4 is 33.3 Å². The van der Waals surface area contributed by atoms with E-state index in [0.717, 1.165) is 16.9 Å². The summed E-state index contributed by atoms with van der Waals surface area (Å²) in [5.74, 6) is 1.36. The van der Waals surface area contributed by atoms with Crippen LogP contribution in [-0.2, 0) is 6.54 Å². The van der Waals surface area contributed by atoms with Crippen LogP contribution in [0.15, 0.2) is 62.1 Å². The van der Waals surface area contributed by atoms with Crippen molar-refractivity contribution in [2.45, 2.75) is 24.4 Å². The molecule has 0 aliphatic heterocycles. The fraction of sp³-hybridized carbons (Fsp3) is 0.238.